The lowest BCUT2D eigenvalue weighted by Crippen LogP contribution is -2.37. The van der Waals surface area contributed by atoms with Crippen LogP contribution in [0.3, 0.4) is 0 Å². The summed E-state index contributed by atoms with van der Waals surface area (Å²) in [6, 6.07) is 0. The fourth-order valence-corrected chi connectivity index (χ4v) is 7.69. The molecule has 6 heteroatoms. The number of alkyl halides is 1. The molecule has 0 rings (SSSR count). The van der Waals surface area contributed by atoms with Gasteiger partial charge < -0.3 is 14.2 Å². The highest BCUT2D eigenvalue weighted by atomic mass is 127. The van der Waals surface area contributed by atoms with Crippen LogP contribution in [0.4, 0.5) is 0 Å². The fraction of sp³-hybridized carbons (Fsp3) is 0.913. The second-order valence-electron chi connectivity index (χ2n) is 15.8. The molecule has 0 radical (unpaired) electrons. The molecule has 0 saturated heterocycles. The summed E-state index contributed by atoms with van der Waals surface area (Å²) in [6.45, 7) is 9.14. The van der Waals surface area contributed by atoms with Crippen molar-refractivity contribution in [3.05, 3.63) is 12.3 Å². The predicted octanol–water partition coefficient (Wildman–Crippen LogP) is 15.8. The van der Waals surface area contributed by atoms with Gasteiger partial charge in [-0.1, -0.05) is 232 Å². The van der Waals surface area contributed by atoms with Gasteiger partial charge in [-0.15, -0.1) is 0 Å². The highest BCUT2D eigenvalue weighted by Gasteiger charge is 2.32. The van der Waals surface area contributed by atoms with Gasteiger partial charge in [0.2, 0.25) is 3.61 Å². The van der Waals surface area contributed by atoms with E-state index in [9.17, 15) is 9.59 Å². The number of unbranched alkanes of at least 4 members (excludes halogenated alkanes) is 33. The molecule has 0 aliphatic carbocycles. The summed E-state index contributed by atoms with van der Waals surface area (Å²) < 4.78 is 15.7. The standard InChI is InChI=1S/C46H87IO5/c1-4-6-8-10-12-14-16-18-20-22-24-25-27-29-31-33-35-37-39-44(3)52-46(47,41-50-43-48)42-51-45(49)40-38-36-34-32-30-28-26-23-21-19-17-15-13-11-9-7-5-2/h43H,3-42H2,1-2H3/t46-/m0/s1. The van der Waals surface area contributed by atoms with Crippen molar-refractivity contribution >= 4 is 35.0 Å². The van der Waals surface area contributed by atoms with Crippen LogP contribution in [0.15, 0.2) is 12.3 Å². The van der Waals surface area contributed by atoms with Crippen LogP contribution < -0.4 is 0 Å². The molecule has 52 heavy (non-hydrogen) atoms. The molecule has 5 nitrogen and oxygen atoms in total. The maximum absolute atomic E-state index is 12.4. The van der Waals surface area contributed by atoms with Crippen LogP contribution in [-0.4, -0.2) is 29.3 Å². The van der Waals surface area contributed by atoms with E-state index in [4.69, 9.17) is 14.2 Å². The van der Waals surface area contributed by atoms with Gasteiger partial charge in [0.25, 0.3) is 6.47 Å². The molecule has 0 aliphatic rings. The van der Waals surface area contributed by atoms with E-state index in [1.165, 1.54) is 199 Å². The van der Waals surface area contributed by atoms with E-state index in [0.29, 0.717) is 18.7 Å². The molecule has 0 heterocycles. The van der Waals surface area contributed by atoms with Gasteiger partial charge >= 0.3 is 5.97 Å². The highest BCUT2D eigenvalue weighted by Crippen LogP contribution is 2.27. The first kappa shape index (κ1) is 51.2. The first-order valence-electron chi connectivity index (χ1n) is 22.7. The smallest absolute Gasteiger partial charge is 0.305 e. The second-order valence-corrected chi connectivity index (χ2v) is 17.7. The van der Waals surface area contributed by atoms with Crippen molar-refractivity contribution < 1.29 is 23.8 Å². The summed E-state index contributed by atoms with van der Waals surface area (Å²) in [6.07, 6.45) is 47.9. The number of halogens is 1. The number of esters is 1. The first-order chi connectivity index (χ1) is 25.5. The summed E-state index contributed by atoms with van der Waals surface area (Å²) in [4.78, 5) is 23.4. The van der Waals surface area contributed by atoms with E-state index in [1.807, 2.05) is 0 Å². The fourth-order valence-electron chi connectivity index (χ4n) is 7.05. The Morgan fingerprint density at radius 2 is 0.769 bits per heavy atom. The molecule has 308 valence electrons. The van der Waals surface area contributed by atoms with Crippen LogP contribution in [-0.2, 0) is 23.8 Å². The van der Waals surface area contributed by atoms with Crippen LogP contribution in [0, 0.1) is 0 Å². The van der Waals surface area contributed by atoms with Crippen molar-refractivity contribution in [2.45, 2.75) is 255 Å². The van der Waals surface area contributed by atoms with Gasteiger partial charge in [-0.05, 0) is 35.4 Å². The van der Waals surface area contributed by atoms with E-state index in [1.54, 1.807) is 0 Å². The van der Waals surface area contributed by atoms with Crippen molar-refractivity contribution in [2.24, 2.45) is 0 Å². The monoisotopic (exact) mass is 847 g/mol. The molecule has 0 aromatic carbocycles. The minimum atomic E-state index is -0.950. The zero-order chi connectivity index (χ0) is 38.1. The Morgan fingerprint density at radius 3 is 1.08 bits per heavy atom. The van der Waals surface area contributed by atoms with Gasteiger partial charge in [0, 0.05) is 12.8 Å². The predicted molar refractivity (Wildman–Crippen MR) is 232 cm³/mol. The number of hydrogen-bond acceptors (Lipinski definition) is 5. The Bertz CT molecular complexity index is 774. The van der Waals surface area contributed by atoms with Crippen molar-refractivity contribution in [1.82, 2.24) is 0 Å². The number of rotatable bonds is 44. The van der Waals surface area contributed by atoms with Gasteiger partial charge in [-0.3, -0.25) is 9.59 Å². The summed E-state index contributed by atoms with van der Waals surface area (Å²) in [5.74, 6) is 0.440. The molecule has 0 unspecified atom stereocenters. The first-order valence-corrected chi connectivity index (χ1v) is 23.8. The number of hydrogen-bond donors (Lipinski definition) is 0. The van der Waals surface area contributed by atoms with Crippen molar-refractivity contribution in [3.8, 4) is 0 Å². The summed E-state index contributed by atoms with van der Waals surface area (Å²) in [7, 11) is 0. The van der Waals surface area contributed by atoms with Gasteiger partial charge in [-0.25, -0.2) is 0 Å². The van der Waals surface area contributed by atoms with Crippen LogP contribution in [0.2, 0.25) is 0 Å². The number of ether oxygens (including phenoxy) is 3. The number of carbonyl (C=O) groups is 2. The summed E-state index contributed by atoms with van der Waals surface area (Å²) in [5, 5.41) is 0. The van der Waals surface area contributed by atoms with E-state index < -0.39 is 3.61 Å². The summed E-state index contributed by atoms with van der Waals surface area (Å²) in [5.41, 5.74) is 0. The highest BCUT2D eigenvalue weighted by molar-refractivity contribution is 14.1. The molecule has 0 bridgehead atoms. The summed E-state index contributed by atoms with van der Waals surface area (Å²) >= 11 is 2.09. The lowest BCUT2D eigenvalue weighted by molar-refractivity contribution is -0.150. The average Bonchev–Trinajstić information content (AvgIpc) is 3.14. The SMILES string of the molecule is C=C(CCCCCCCCCCCCCCCCCCCC)O[C@@](I)(COC=O)COC(=O)CCCCCCCCCCCCCCCCCCC. The number of carbonyl (C=O) groups excluding carboxylic acids is 2. The van der Waals surface area contributed by atoms with Crippen LogP contribution in [0.1, 0.15) is 251 Å². The van der Waals surface area contributed by atoms with Crippen LogP contribution in [0.25, 0.3) is 0 Å². The molecule has 0 spiro atoms. The Kier molecular flexibility index (Phi) is 40.7. The number of allylic oxidation sites excluding steroid dienone is 1. The molecule has 1 atom stereocenters. The van der Waals surface area contributed by atoms with Crippen molar-refractivity contribution in [1.29, 1.82) is 0 Å². The zero-order valence-corrected chi connectivity index (χ0v) is 36.9. The van der Waals surface area contributed by atoms with Crippen LogP contribution >= 0.6 is 22.6 Å². The molecule has 0 aromatic rings. The molecule has 0 saturated carbocycles. The lowest BCUT2D eigenvalue weighted by Gasteiger charge is -2.28. The third kappa shape index (κ3) is 38.9. The maximum atomic E-state index is 12.4. The Balaban J connectivity index is 3.76. The normalized spacial score (nSPS) is 12.4. The third-order valence-electron chi connectivity index (χ3n) is 10.4. The minimum Gasteiger partial charge on any atom is -0.475 e. The van der Waals surface area contributed by atoms with E-state index >= 15 is 0 Å². The maximum Gasteiger partial charge on any atom is 0.305 e. The van der Waals surface area contributed by atoms with Crippen molar-refractivity contribution in [3.63, 3.8) is 0 Å². The van der Waals surface area contributed by atoms with Crippen molar-refractivity contribution in [2.75, 3.05) is 13.2 Å². The molecule has 0 N–H and O–H groups in total. The molecule has 0 aliphatic heterocycles. The molecular formula is C46H87IO5. The largest absolute Gasteiger partial charge is 0.475 e. The quantitative estimate of drug-likeness (QED) is 0.0153. The van der Waals surface area contributed by atoms with E-state index in [2.05, 4.69) is 43.0 Å². The van der Waals surface area contributed by atoms with Gasteiger partial charge in [-0.2, -0.15) is 0 Å². The molecular weight excluding hydrogens is 759 g/mol. The molecule has 0 fully saturated rings. The second kappa shape index (κ2) is 41.4. The Morgan fingerprint density at radius 1 is 0.481 bits per heavy atom. The lowest BCUT2D eigenvalue weighted by atomic mass is 10.0. The van der Waals surface area contributed by atoms with Gasteiger partial charge in [0.1, 0.15) is 13.2 Å². The average molecular weight is 847 g/mol. The van der Waals surface area contributed by atoms with E-state index in [-0.39, 0.29) is 19.2 Å². The Labute approximate surface area is 337 Å². The van der Waals surface area contributed by atoms with Crippen LogP contribution in [0.5, 0.6) is 0 Å². The van der Waals surface area contributed by atoms with Gasteiger partial charge in [0.15, 0.2) is 0 Å². The zero-order valence-electron chi connectivity index (χ0n) is 34.8. The van der Waals surface area contributed by atoms with E-state index in [0.717, 1.165) is 32.1 Å². The van der Waals surface area contributed by atoms with Gasteiger partial charge in [0.05, 0.1) is 5.76 Å². The third-order valence-corrected chi connectivity index (χ3v) is 11.3. The minimum absolute atomic E-state index is 0.0155. The Hall–Kier alpha value is -0.790. The topological polar surface area (TPSA) is 61.8 Å². The molecule has 0 amide bonds. The molecule has 0 aromatic heterocycles.